The number of amides is 1. The Balaban J connectivity index is 1.48. The Morgan fingerprint density at radius 2 is 1.82 bits per heavy atom. The molecule has 5 rings (SSSR count). The van der Waals surface area contributed by atoms with Crippen molar-refractivity contribution in [1.29, 1.82) is 0 Å². The minimum Gasteiger partial charge on any atom is -0.337 e. The van der Waals surface area contributed by atoms with Crippen LogP contribution in [0.2, 0.25) is 5.02 Å². The van der Waals surface area contributed by atoms with Crippen LogP contribution >= 0.6 is 23.4 Å². The Kier molecular flexibility index (Phi) is 5.96. The predicted molar refractivity (Wildman–Crippen MR) is 133 cm³/mol. The Hall–Kier alpha value is -3.09. The smallest absolute Gasteiger partial charge is 0.266 e. The van der Waals surface area contributed by atoms with Gasteiger partial charge in [0.25, 0.3) is 5.56 Å². The van der Waals surface area contributed by atoms with Gasteiger partial charge in [0.05, 0.1) is 22.3 Å². The van der Waals surface area contributed by atoms with Crippen molar-refractivity contribution in [3.05, 3.63) is 98.8 Å². The maximum atomic E-state index is 13.5. The maximum absolute atomic E-state index is 13.5. The van der Waals surface area contributed by atoms with E-state index in [2.05, 4.69) is 12.1 Å². The van der Waals surface area contributed by atoms with Crippen molar-refractivity contribution < 1.29 is 4.79 Å². The number of hydrogen-bond donors (Lipinski definition) is 0. The van der Waals surface area contributed by atoms with Gasteiger partial charge in [0, 0.05) is 18.1 Å². The third-order valence-electron chi connectivity index (χ3n) is 5.97. The monoisotopic (exact) mass is 475 g/mol. The lowest BCUT2D eigenvalue weighted by atomic mass is 10.00. The van der Waals surface area contributed by atoms with Crippen LogP contribution in [0.15, 0.2) is 76.7 Å². The normalized spacial score (nSPS) is 13.2. The highest BCUT2D eigenvalue weighted by Gasteiger charge is 2.22. The predicted octanol–water partition coefficient (Wildman–Crippen LogP) is 5.02. The number of aromatic nitrogens is 2. The lowest BCUT2D eigenvalue weighted by molar-refractivity contribution is -0.129. The summed E-state index contributed by atoms with van der Waals surface area (Å²) in [5.74, 6) is 0.235. The minimum absolute atomic E-state index is 0.0336. The average Bonchev–Trinajstić information content (AvgIpc) is 2.83. The molecule has 1 aromatic heterocycles. The first-order valence-corrected chi connectivity index (χ1v) is 12.1. The molecule has 4 aromatic rings. The Bertz CT molecular complexity index is 1430. The van der Waals surface area contributed by atoms with Crippen molar-refractivity contribution in [2.75, 3.05) is 12.3 Å². The number of rotatable bonds is 4. The second-order valence-electron chi connectivity index (χ2n) is 8.11. The molecule has 0 atom stereocenters. The molecule has 2 heterocycles. The van der Waals surface area contributed by atoms with E-state index in [1.54, 1.807) is 22.8 Å². The molecule has 5 nitrogen and oxygen atoms in total. The van der Waals surface area contributed by atoms with E-state index in [4.69, 9.17) is 16.6 Å². The van der Waals surface area contributed by atoms with Crippen LogP contribution in [0.1, 0.15) is 16.7 Å². The van der Waals surface area contributed by atoms with Crippen LogP contribution in [0.5, 0.6) is 0 Å². The van der Waals surface area contributed by atoms with Gasteiger partial charge in [-0.3, -0.25) is 14.2 Å². The van der Waals surface area contributed by atoms with Gasteiger partial charge in [-0.05, 0) is 54.3 Å². The van der Waals surface area contributed by atoms with Crippen molar-refractivity contribution in [1.82, 2.24) is 14.5 Å². The van der Waals surface area contributed by atoms with E-state index >= 15 is 0 Å². The molecule has 0 radical (unpaired) electrons. The van der Waals surface area contributed by atoms with E-state index in [9.17, 15) is 9.59 Å². The van der Waals surface area contributed by atoms with Gasteiger partial charge in [-0.15, -0.1) is 0 Å². The molecule has 0 saturated heterocycles. The van der Waals surface area contributed by atoms with Gasteiger partial charge in [-0.25, -0.2) is 4.98 Å². The molecule has 1 aliphatic heterocycles. The SMILES string of the molecule is Cc1ccccc1-n1c(SCC(=O)N2CCc3ccccc3C2)nc2cc(Cl)ccc2c1=O. The van der Waals surface area contributed by atoms with Gasteiger partial charge in [0.1, 0.15) is 0 Å². The van der Waals surface area contributed by atoms with Crippen molar-refractivity contribution in [3.8, 4) is 5.69 Å². The fourth-order valence-electron chi connectivity index (χ4n) is 4.19. The zero-order chi connectivity index (χ0) is 22.9. The fourth-order valence-corrected chi connectivity index (χ4v) is 5.26. The molecule has 0 fully saturated rings. The molecule has 33 heavy (non-hydrogen) atoms. The van der Waals surface area contributed by atoms with Gasteiger partial charge in [0.2, 0.25) is 5.91 Å². The largest absolute Gasteiger partial charge is 0.337 e. The molecule has 7 heteroatoms. The van der Waals surface area contributed by atoms with Crippen LogP contribution in [0, 0.1) is 6.92 Å². The second kappa shape index (κ2) is 9.04. The van der Waals surface area contributed by atoms with Crippen molar-refractivity contribution in [2.24, 2.45) is 0 Å². The molecule has 0 unspecified atom stereocenters. The molecule has 1 amide bonds. The number of para-hydroxylation sites is 1. The second-order valence-corrected chi connectivity index (χ2v) is 9.48. The number of thioether (sulfide) groups is 1. The standard InChI is InChI=1S/C26H22ClN3O2S/c1-17-6-2-5-9-23(17)30-25(32)21-11-10-20(27)14-22(21)28-26(30)33-16-24(31)29-13-12-18-7-3-4-8-19(18)15-29/h2-11,14H,12-13,15-16H2,1H3. The van der Waals surface area contributed by atoms with E-state index in [1.807, 2.05) is 48.2 Å². The first kappa shape index (κ1) is 21.7. The molecule has 0 spiro atoms. The summed E-state index contributed by atoms with van der Waals surface area (Å²) in [4.78, 5) is 33.2. The molecule has 0 bridgehead atoms. The van der Waals surface area contributed by atoms with E-state index in [-0.39, 0.29) is 17.2 Å². The lowest BCUT2D eigenvalue weighted by Crippen LogP contribution is -2.37. The number of carbonyl (C=O) groups excluding carboxylic acids is 1. The van der Waals surface area contributed by atoms with Crippen molar-refractivity contribution in [3.63, 3.8) is 0 Å². The number of aryl methyl sites for hydroxylation is 1. The number of hydrogen-bond acceptors (Lipinski definition) is 4. The van der Waals surface area contributed by atoms with E-state index < -0.39 is 0 Å². The van der Waals surface area contributed by atoms with E-state index in [0.717, 1.165) is 17.7 Å². The number of fused-ring (bicyclic) bond motifs is 2. The number of nitrogens with zero attached hydrogens (tertiary/aromatic N) is 3. The van der Waals surface area contributed by atoms with Crippen LogP contribution in [-0.2, 0) is 17.8 Å². The molecular formula is C26H22ClN3O2S. The first-order valence-electron chi connectivity index (χ1n) is 10.8. The van der Waals surface area contributed by atoms with Crippen LogP contribution in [-0.4, -0.2) is 32.7 Å². The molecule has 0 saturated carbocycles. The highest BCUT2D eigenvalue weighted by Crippen LogP contribution is 2.26. The summed E-state index contributed by atoms with van der Waals surface area (Å²) in [6.07, 6.45) is 0.854. The Morgan fingerprint density at radius 3 is 2.64 bits per heavy atom. The lowest BCUT2D eigenvalue weighted by Gasteiger charge is -2.28. The topological polar surface area (TPSA) is 55.2 Å². The van der Waals surface area contributed by atoms with Crippen molar-refractivity contribution >= 4 is 40.2 Å². The third kappa shape index (κ3) is 4.28. The van der Waals surface area contributed by atoms with Crippen LogP contribution < -0.4 is 5.56 Å². The number of benzene rings is 3. The minimum atomic E-state index is -0.173. The third-order valence-corrected chi connectivity index (χ3v) is 7.12. The van der Waals surface area contributed by atoms with Gasteiger partial charge in [-0.2, -0.15) is 0 Å². The summed E-state index contributed by atoms with van der Waals surface area (Å²) in [6.45, 7) is 3.27. The molecular weight excluding hydrogens is 454 g/mol. The highest BCUT2D eigenvalue weighted by molar-refractivity contribution is 7.99. The highest BCUT2D eigenvalue weighted by atomic mass is 35.5. The summed E-state index contributed by atoms with van der Waals surface area (Å²) in [5, 5.41) is 1.49. The molecule has 1 aliphatic rings. The van der Waals surface area contributed by atoms with Crippen molar-refractivity contribution in [2.45, 2.75) is 25.0 Å². The van der Waals surface area contributed by atoms with Gasteiger partial charge < -0.3 is 4.90 Å². The molecule has 166 valence electrons. The number of halogens is 1. The Labute approximate surface area is 201 Å². The molecule has 3 aromatic carbocycles. The molecule has 0 N–H and O–H groups in total. The first-order chi connectivity index (χ1) is 16.0. The fraction of sp³-hybridized carbons (Fsp3) is 0.192. The quantitative estimate of drug-likeness (QED) is 0.307. The summed E-state index contributed by atoms with van der Waals surface area (Å²) in [7, 11) is 0. The average molecular weight is 476 g/mol. The summed E-state index contributed by atoms with van der Waals surface area (Å²) in [5.41, 5.74) is 4.56. The zero-order valence-corrected chi connectivity index (χ0v) is 19.7. The Morgan fingerprint density at radius 1 is 1.06 bits per heavy atom. The summed E-state index contributed by atoms with van der Waals surface area (Å²) in [6, 6.07) is 21.0. The summed E-state index contributed by atoms with van der Waals surface area (Å²) < 4.78 is 1.61. The van der Waals surface area contributed by atoms with Gasteiger partial charge in [0.15, 0.2) is 5.16 Å². The van der Waals surface area contributed by atoms with E-state index in [0.29, 0.717) is 34.2 Å². The zero-order valence-electron chi connectivity index (χ0n) is 18.1. The van der Waals surface area contributed by atoms with Crippen LogP contribution in [0.25, 0.3) is 16.6 Å². The van der Waals surface area contributed by atoms with Gasteiger partial charge >= 0.3 is 0 Å². The maximum Gasteiger partial charge on any atom is 0.266 e. The number of carbonyl (C=O) groups is 1. The van der Waals surface area contributed by atoms with Crippen LogP contribution in [0.4, 0.5) is 0 Å². The molecule has 0 aliphatic carbocycles. The van der Waals surface area contributed by atoms with Gasteiger partial charge in [-0.1, -0.05) is 65.8 Å². The van der Waals surface area contributed by atoms with E-state index in [1.165, 1.54) is 22.9 Å². The van der Waals surface area contributed by atoms with Crippen LogP contribution in [0.3, 0.4) is 0 Å². The summed E-state index contributed by atoms with van der Waals surface area (Å²) >= 11 is 7.45.